The van der Waals surface area contributed by atoms with Crippen molar-refractivity contribution < 1.29 is 19.1 Å². The highest BCUT2D eigenvalue weighted by Crippen LogP contribution is 2.59. The average molecular weight is 528 g/mol. The molecule has 0 radical (unpaired) electrons. The standard InChI is InChI=1S/C27H30ClN3O4S/c1-25(2,3)30-23(33)21-27-12-11-26(4,35-27)19(22(32)29-14-18-6-5-13-36-18)20(27)24(34)31(21)15-16-7-9-17(28)10-8-16/h5-13,19-21H,14-15H2,1-4H3,(H,29,32)(H,30,33)/t19-,20+,21-,26+,27-/m0/s1. The van der Waals surface area contributed by atoms with Crippen molar-refractivity contribution in [1.82, 2.24) is 15.5 Å². The highest BCUT2D eigenvalue weighted by molar-refractivity contribution is 7.09. The van der Waals surface area contributed by atoms with E-state index in [2.05, 4.69) is 10.6 Å². The highest BCUT2D eigenvalue weighted by atomic mass is 35.5. The lowest BCUT2D eigenvalue weighted by Crippen LogP contribution is -2.57. The molecule has 3 aliphatic heterocycles. The molecule has 5 rings (SSSR count). The zero-order chi connectivity index (χ0) is 25.9. The zero-order valence-corrected chi connectivity index (χ0v) is 22.3. The van der Waals surface area contributed by atoms with Gasteiger partial charge < -0.3 is 20.3 Å². The van der Waals surface area contributed by atoms with Gasteiger partial charge in [0.05, 0.1) is 24.0 Å². The Morgan fingerprint density at radius 2 is 1.86 bits per heavy atom. The van der Waals surface area contributed by atoms with Gasteiger partial charge in [0.15, 0.2) is 0 Å². The number of nitrogens with one attached hydrogen (secondary N) is 2. The molecule has 1 aromatic carbocycles. The predicted molar refractivity (Wildman–Crippen MR) is 138 cm³/mol. The lowest BCUT2D eigenvalue weighted by molar-refractivity contribution is -0.146. The number of fused-ring (bicyclic) bond motifs is 1. The lowest BCUT2D eigenvalue weighted by Gasteiger charge is -2.35. The number of carbonyl (C=O) groups is 3. The molecule has 7 nitrogen and oxygen atoms in total. The van der Waals surface area contributed by atoms with Crippen LogP contribution < -0.4 is 10.6 Å². The fraction of sp³-hybridized carbons (Fsp3) is 0.444. The number of ether oxygens (including phenoxy) is 1. The molecule has 0 aliphatic carbocycles. The number of hydrogen-bond acceptors (Lipinski definition) is 5. The van der Waals surface area contributed by atoms with Crippen molar-refractivity contribution in [2.75, 3.05) is 0 Å². The highest BCUT2D eigenvalue weighted by Gasteiger charge is 2.76. The van der Waals surface area contributed by atoms with Crippen molar-refractivity contribution in [3.63, 3.8) is 0 Å². The summed E-state index contributed by atoms with van der Waals surface area (Å²) in [4.78, 5) is 43.9. The van der Waals surface area contributed by atoms with E-state index in [4.69, 9.17) is 16.3 Å². The zero-order valence-electron chi connectivity index (χ0n) is 20.7. The molecule has 1 aromatic heterocycles. The van der Waals surface area contributed by atoms with Crippen LogP contribution >= 0.6 is 22.9 Å². The third kappa shape index (κ3) is 4.15. The molecular formula is C27H30ClN3O4S. The smallest absolute Gasteiger partial charge is 0.246 e. The summed E-state index contributed by atoms with van der Waals surface area (Å²) >= 11 is 7.61. The fourth-order valence-electron chi connectivity index (χ4n) is 5.72. The maximum absolute atomic E-state index is 14.0. The van der Waals surface area contributed by atoms with Crippen molar-refractivity contribution in [3.05, 3.63) is 69.4 Å². The molecular weight excluding hydrogens is 498 g/mol. The van der Waals surface area contributed by atoms with Gasteiger partial charge in [0.2, 0.25) is 17.7 Å². The van der Waals surface area contributed by atoms with Crippen LogP contribution in [0.4, 0.5) is 0 Å². The number of nitrogens with zero attached hydrogens (tertiary/aromatic N) is 1. The number of hydrogen-bond donors (Lipinski definition) is 2. The van der Waals surface area contributed by atoms with Gasteiger partial charge in [-0.25, -0.2) is 0 Å². The van der Waals surface area contributed by atoms with E-state index >= 15 is 0 Å². The van der Waals surface area contributed by atoms with Crippen molar-refractivity contribution in [3.8, 4) is 0 Å². The Labute approximate surface area is 219 Å². The van der Waals surface area contributed by atoms with E-state index < -0.39 is 34.6 Å². The Bertz CT molecular complexity index is 1220. The van der Waals surface area contributed by atoms with Crippen LogP contribution in [0.3, 0.4) is 0 Å². The van der Waals surface area contributed by atoms with Gasteiger partial charge in [0.25, 0.3) is 0 Å². The minimum absolute atomic E-state index is 0.202. The molecule has 9 heteroatoms. The van der Waals surface area contributed by atoms with Crippen LogP contribution in [0.1, 0.15) is 38.1 Å². The summed E-state index contributed by atoms with van der Waals surface area (Å²) in [7, 11) is 0. The molecule has 2 aromatic rings. The second kappa shape index (κ2) is 8.71. The number of rotatable bonds is 6. The maximum atomic E-state index is 14.0. The van der Waals surface area contributed by atoms with Crippen LogP contribution in [-0.4, -0.2) is 45.4 Å². The maximum Gasteiger partial charge on any atom is 0.246 e. The van der Waals surface area contributed by atoms with Crippen LogP contribution in [0.25, 0.3) is 0 Å². The number of carbonyl (C=O) groups excluding carboxylic acids is 3. The van der Waals surface area contributed by atoms with E-state index in [0.29, 0.717) is 11.6 Å². The number of halogens is 1. The van der Waals surface area contributed by atoms with E-state index in [-0.39, 0.29) is 24.3 Å². The topological polar surface area (TPSA) is 87.7 Å². The van der Waals surface area contributed by atoms with E-state index in [9.17, 15) is 14.4 Å². The Balaban J connectivity index is 1.50. The van der Waals surface area contributed by atoms with Gasteiger partial charge in [-0.3, -0.25) is 14.4 Å². The molecule has 0 saturated carbocycles. The van der Waals surface area contributed by atoms with E-state index in [0.717, 1.165) is 10.4 Å². The third-order valence-electron chi connectivity index (χ3n) is 7.11. The van der Waals surface area contributed by atoms with Crippen molar-refractivity contribution in [2.24, 2.45) is 11.8 Å². The molecule has 2 saturated heterocycles. The Hall–Kier alpha value is -2.68. The molecule has 1 spiro atoms. The first-order chi connectivity index (χ1) is 16.9. The molecule has 4 heterocycles. The quantitative estimate of drug-likeness (QED) is 0.561. The first-order valence-electron chi connectivity index (χ1n) is 12.0. The summed E-state index contributed by atoms with van der Waals surface area (Å²) in [5.41, 5.74) is -1.88. The van der Waals surface area contributed by atoms with E-state index in [1.165, 1.54) is 0 Å². The van der Waals surface area contributed by atoms with Gasteiger partial charge in [0, 0.05) is 22.0 Å². The van der Waals surface area contributed by atoms with Gasteiger partial charge >= 0.3 is 0 Å². The second-order valence-corrected chi connectivity index (χ2v) is 12.4. The fourth-order valence-corrected chi connectivity index (χ4v) is 6.49. The SMILES string of the molecule is CC(C)(C)NC(=O)[C@@H]1N(Cc2ccc(Cl)cc2)C(=O)[C@H]2[C@@H](C(=O)NCc3cccs3)[C@@]3(C)C=C[C@@]12O3. The number of benzene rings is 1. The van der Waals surface area contributed by atoms with Crippen LogP contribution in [0.2, 0.25) is 5.02 Å². The molecule has 36 heavy (non-hydrogen) atoms. The van der Waals surface area contributed by atoms with Crippen LogP contribution in [0.15, 0.2) is 53.9 Å². The molecule has 2 N–H and O–H groups in total. The minimum atomic E-state index is -1.22. The van der Waals surface area contributed by atoms with Crippen molar-refractivity contribution in [2.45, 2.75) is 63.6 Å². The van der Waals surface area contributed by atoms with Crippen molar-refractivity contribution in [1.29, 1.82) is 0 Å². The van der Waals surface area contributed by atoms with Crippen LogP contribution in [0.5, 0.6) is 0 Å². The summed E-state index contributed by atoms with van der Waals surface area (Å²) in [5, 5.41) is 8.56. The van der Waals surface area contributed by atoms with E-state index in [1.54, 1.807) is 28.4 Å². The summed E-state index contributed by atoms with van der Waals surface area (Å²) in [5.74, 6) is -2.38. The van der Waals surface area contributed by atoms with Crippen LogP contribution in [0, 0.1) is 11.8 Å². The Morgan fingerprint density at radius 1 is 1.14 bits per heavy atom. The monoisotopic (exact) mass is 527 g/mol. The molecule has 5 atom stereocenters. The van der Waals surface area contributed by atoms with Gasteiger partial charge in [-0.1, -0.05) is 42.0 Å². The molecule has 3 amide bonds. The van der Waals surface area contributed by atoms with Gasteiger partial charge in [-0.15, -0.1) is 11.3 Å². The third-order valence-corrected chi connectivity index (χ3v) is 8.24. The first-order valence-corrected chi connectivity index (χ1v) is 13.3. The largest absolute Gasteiger partial charge is 0.356 e. The van der Waals surface area contributed by atoms with Crippen LogP contribution in [-0.2, 0) is 32.2 Å². The normalized spacial score (nSPS) is 30.5. The minimum Gasteiger partial charge on any atom is -0.356 e. The molecule has 0 unspecified atom stereocenters. The molecule has 190 valence electrons. The van der Waals surface area contributed by atoms with Gasteiger partial charge in [-0.2, -0.15) is 0 Å². The number of likely N-dealkylation sites (tertiary alicyclic amines) is 1. The van der Waals surface area contributed by atoms with Gasteiger partial charge in [0.1, 0.15) is 11.6 Å². The molecule has 3 aliphatic rings. The first kappa shape index (κ1) is 25.0. The Kier molecular flexibility index (Phi) is 6.05. The van der Waals surface area contributed by atoms with Gasteiger partial charge in [-0.05, 0) is 56.8 Å². The Morgan fingerprint density at radius 3 is 2.50 bits per heavy atom. The lowest BCUT2D eigenvalue weighted by atomic mass is 9.70. The summed E-state index contributed by atoms with van der Waals surface area (Å²) in [6.45, 7) is 8.08. The predicted octanol–water partition coefficient (Wildman–Crippen LogP) is 3.67. The molecule has 2 fully saturated rings. The second-order valence-electron chi connectivity index (χ2n) is 11.0. The summed E-state index contributed by atoms with van der Waals surface area (Å²) in [6, 6.07) is 10.1. The summed E-state index contributed by atoms with van der Waals surface area (Å²) in [6.07, 6.45) is 3.67. The molecule has 2 bridgehead atoms. The summed E-state index contributed by atoms with van der Waals surface area (Å²) < 4.78 is 6.53. The van der Waals surface area contributed by atoms with Crippen molar-refractivity contribution >= 4 is 40.7 Å². The average Bonchev–Trinajstić information content (AvgIpc) is 3.53. The number of amides is 3. The number of thiophene rings is 1. The van der Waals surface area contributed by atoms with E-state index in [1.807, 2.05) is 69.5 Å².